The largest absolute Gasteiger partial charge is 0.493 e. The van der Waals surface area contributed by atoms with E-state index in [1.165, 1.54) is 0 Å². The van der Waals surface area contributed by atoms with Crippen LogP contribution in [0.1, 0.15) is 63.0 Å². The number of halogens is 1. The van der Waals surface area contributed by atoms with Gasteiger partial charge >= 0.3 is 5.97 Å². The van der Waals surface area contributed by atoms with E-state index in [-0.39, 0.29) is 24.1 Å². The lowest BCUT2D eigenvalue weighted by Crippen LogP contribution is -2.38. The minimum absolute atomic E-state index is 0.0412. The molecule has 0 fully saturated rings. The number of methoxy groups -OCH3 is 3. The molecule has 8 nitrogen and oxygen atoms in total. The molecule has 0 amide bonds. The fraction of sp³-hybridized carbons (Fsp3) is 0.452. The van der Waals surface area contributed by atoms with E-state index >= 15 is 0 Å². The molecule has 0 bridgehead atoms. The van der Waals surface area contributed by atoms with E-state index < -0.39 is 11.8 Å². The number of aliphatic imine (C=N–C) groups is 1. The predicted molar refractivity (Wildman–Crippen MR) is 156 cm³/mol. The summed E-state index contributed by atoms with van der Waals surface area (Å²) in [4.78, 5) is 32.3. The number of carbonyl (C=O) groups excluding carboxylic acids is 2. The Morgan fingerprint density at radius 2 is 1.70 bits per heavy atom. The maximum absolute atomic E-state index is 14.0. The molecule has 3 atom stereocenters. The van der Waals surface area contributed by atoms with Crippen LogP contribution in [0.3, 0.4) is 0 Å². The van der Waals surface area contributed by atoms with E-state index in [9.17, 15) is 9.59 Å². The van der Waals surface area contributed by atoms with Gasteiger partial charge in [0.05, 0.1) is 39.0 Å². The second-order valence-corrected chi connectivity index (χ2v) is 10.7. The van der Waals surface area contributed by atoms with E-state index in [1.807, 2.05) is 51.1 Å². The number of benzene rings is 2. The second-order valence-electron chi connectivity index (χ2n) is 9.85. The van der Waals surface area contributed by atoms with Crippen molar-refractivity contribution >= 4 is 33.4 Å². The molecule has 0 N–H and O–H groups in total. The Morgan fingerprint density at radius 3 is 2.35 bits per heavy atom. The fourth-order valence-corrected chi connectivity index (χ4v) is 6.21. The fourth-order valence-electron chi connectivity index (χ4n) is 5.59. The molecule has 1 aliphatic carbocycles. The number of nitrogens with zero attached hydrogens (tertiary/aromatic N) is 1. The molecule has 40 heavy (non-hydrogen) atoms. The van der Waals surface area contributed by atoms with E-state index in [4.69, 9.17) is 28.7 Å². The number of carbonyl (C=O) groups is 2. The minimum atomic E-state index is -0.735. The van der Waals surface area contributed by atoms with Crippen molar-refractivity contribution in [3.05, 3.63) is 57.2 Å². The number of hydrogen-bond acceptors (Lipinski definition) is 8. The number of hydrogen-bond donors (Lipinski definition) is 0. The Labute approximate surface area is 243 Å². The second kappa shape index (κ2) is 12.9. The summed E-state index contributed by atoms with van der Waals surface area (Å²) >= 11 is 3.60. The summed E-state index contributed by atoms with van der Waals surface area (Å²) in [5, 5.41) is 0. The van der Waals surface area contributed by atoms with Crippen LogP contribution >= 0.6 is 15.9 Å². The first-order valence-electron chi connectivity index (χ1n) is 13.5. The van der Waals surface area contributed by atoms with Crippen molar-refractivity contribution in [2.45, 2.75) is 51.9 Å². The summed E-state index contributed by atoms with van der Waals surface area (Å²) in [5.74, 6) is 0.493. The minimum Gasteiger partial charge on any atom is -0.493 e. The van der Waals surface area contributed by atoms with Gasteiger partial charge in [0.25, 0.3) is 0 Å². The maximum atomic E-state index is 14.0. The Morgan fingerprint density at radius 1 is 0.975 bits per heavy atom. The van der Waals surface area contributed by atoms with E-state index in [0.29, 0.717) is 70.5 Å². The Balaban J connectivity index is 1.83. The summed E-state index contributed by atoms with van der Waals surface area (Å²) in [7, 11) is 4.76. The molecule has 1 heterocycles. The van der Waals surface area contributed by atoms with Crippen molar-refractivity contribution in [3.8, 4) is 23.0 Å². The SMILES string of the molecule is CCCOC(=O)C1C(C)=NC2=C(C(=O)C[C@H](c3ccc(OC)c(OC)c3)C2)[C@@H]1c1cc(Br)c(OC)c(OCC)c1. The molecule has 2 aliphatic rings. The Kier molecular flexibility index (Phi) is 9.56. The molecule has 0 radical (unpaired) electrons. The normalized spacial score (nSPS) is 20.4. The summed E-state index contributed by atoms with van der Waals surface area (Å²) < 4.78 is 28.6. The first-order chi connectivity index (χ1) is 19.3. The highest BCUT2D eigenvalue weighted by molar-refractivity contribution is 9.10. The highest BCUT2D eigenvalue weighted by Crippen LogP contribution is 2.49. The zero-order valence-electron chi connectivity index (χ0n) is 23.8. The van der Waals surface area contributed by atoms with Crippen molar-refractivity contribution < 1.29 is 33.3 Å². The monoisotopic (exact) mass is 613 g/mol. The van der Waals surface area contributed by atoms with Crippen LogP contribution in [-0.4, -0.2) is 52.0 Å². The van der Waals surface area contributed by atoms with Crippen LogP contribution in [0.15, 0.2) is 51.1 Å². The van der Waals surface area contributed by atoms with Gasteiger partial charge in [-0.05, 0) is 83.9 Å². The molecule has 0 spiro atoms. The zero-order chi connectivity index (χ0) is 29.0. The summed E-state index contributed by atoms with van der Waals surface area (Å²) in [5.41, 5.74) is 3.60. The number of ketones is 1. The maximum Gasteiger partial charge on any atom is 0.315 e. The molecule has 0 saturated carbocycles. The van der Waals surface area contributed by atoms with Crippen LogP contribution in [0.2, 0.25) is 0 Å². The van der Waals surface area contributed by atoms with Crippen molar-refractivity contribution in [2.24, 2.45) is 10.9 Å². The molecule has 2 aromatic carbocycles. The van der Waals surface area contributed by atoms with Crippen molar-refractivity contribution in [1.29, 1.82) is 0 Å². The van der Waals surface area contributed by atoms with Crippen LogP contribution < -0.4 is 18.9 Å². The summed E-state index contributed by atoms with van der Waals surface area (Å²) in [6.07, 6.45) is 1.53. The molecule has 2 aromatic rings. The van der Waals surface area contributed by atoms with Gasteiger partial charge < -0.3 is 23.7 Å². The van der Waals surface area contributed by atoms with Gasteiger partial charge in [-0.3, -0.25) is 14.6 Å². The first-order valence-corrected chi connectivity index (χ1v) is 14.3. The van der Waals surface area contributed by atoms with Crippen molar-refractivity contribution in [1.82, 2.24) is 0 Å². The van der Waals surface area contributed by atoms with Crippen molar-refractivity contribution in [2.75, 3.05) is 34.5 Å². The van der Waals surface area contributed by atoms with Gasteiger partial charge in [0.1, 0.15) is 5.92 Å². The number of Topliss-reactive ketones (excluding diaryl/α,β-unsaturated/α-hetero) is 1. The molecule has 0 aromatic heterocycles. The number of allylic oxidation sites excluding steroid dienone is 2. The highest BCUT2D eigenvalue weighted by atomic mass is 79.9. The van der Waals surface area contributed by atoms with Crippen LogP contribution in [0.25, 0.3) is 0 Å². The van der Waals surface area contributed by atoms with Crippen LogP contribution in [-0.2, 0) is 14.3 Å². The topological polar surface area (TPSA) is 92.7 Å². The number of rotatable bonds is 10. The molecule has 1 unspecified atom stereocenters. The van der Waals surface area contributed by atoms with Crippen LogP contribution in [0, 0.1) is 5.92 Å². The van der Waals surface area contributed by atoms with Crippen LogP contribution in [0.4, 0.5) is 0 Å². The van der Waals surface area contributed by atoms with Gasteiger partial charge in [0, 0.05) is 29.3 Å². The van der Waals surface area contributed by atoms with Crippen molar-refractivity contribution in [3.63, 3.8) is 0 Å². The van der Waals surface area contributed by atoms with E-state index in [2.05, 4.69) is 15.9 Å². The molecular weight excluding hydrogens is 578 g/mol. The number of esters is 1. The van der Waals surface area contributed by atoms with E-state index in [0.717, 1.165) is 11.1 Å². The molecule has 1 aliphatic heterocycles. The summed E-state index contributed by atoms with van der Waals surface area (Å²) in [6.45, 7) is 6.40. The average molecular weight is 615 g/mol. The zero-order valence-corrected chi connectivity index (χ0v) is 25.4. The lowest BCUT2D eigenvalue weighted by atomic mass is 9.69. The van der Waals surface area contributed by atoms with Gasteiger partial charge in [0.2, 0.25) is 0 Å². The third-order valence-electron chi connectivity index (χ3n) is 7.36. The van der Waals surface area contributed by atoms with E-state index in [1.54, 1.807) is 21.3 Å². The van der Waals surface area contributed by atoms with Gasteiger partial charge in [-0.15, -0.1) is 0 Å². The lowest BCUT2D eigenvalue weighted by molar-refractivity contribution is -0.146. The number of ether oxygens (including phenoxy) is 5. The first kappa shape index (κ1) is 29.6. The molecule has 214 valence electrons. The third kappa shape index (κ3) is 5.75. The predicted octanol–water partition coefficient (Wildman–Crippen LogP) is 6.40. The lowest BCUT2D eigenvalue weighted by Gasteiger charge is -2.37. The van der Waals surface area contributed by atoms with Gasteiger partial charge in [-0.25, -0.2) is 0 Å². The molecule has 4 rings (SSSR count). The highest BCUT2D eigenvalue weighted by Gasteiger charge is 2.45. The van der Waals surface area contributed by atoms with Gasteiger partial charge in [-0.1, -0.05) is 13.0 Å². The average Bonchev–Trinajstić information content (AvgIpc) is 2.94. The summed E-state index contributed by atoms with van der Waals surface area (Å²) in [6, 6.07) is 9.48. The molecular formula is C31H36BrNO7. The Hall–Kier alpha value is -3.33. The molecule has 0 saturated heterocycles. The third-order valence-corrected chi connectivity index (χ3v) is 7.95. The standard InChI is InChI=1S/C31H36BrNO7/c1-7-11-40-31(35)27-17(3)33-22-13-19(18-9-10-24(36-4)25(15-18)37-5)14-23(34)29(22)28(27)20-12-21(32)30(38-6)26(16-20)39-8-2/h9-10,12,15-16,19,27-28H,7-8,11,13-14H2,1-6H3/t19-,27?,28-/m1/s1. The Bertz CT molecular complexity index is 1350. The van der Waals surface area contributed by atoms with Gasteiger partial charge in [-0.2, -0.15) is 0 Å². The molecule has 9 heteroatoms. The quantitative estimate of drug-likeness (QED) is 0.286. The van der Waals surface area contributed by atoms with Crippen LogP contribution in [0.5, 0.6) is 23.0 Å². The smallest absolute Gasteiger partial charge is 0.315 e. The van der Waals surface area contributed by atoms with Gasteiger partial charge in [0.15, 0.2) is 28.8 Å².